The van der Waals surface area contributed by atoms with Gasteiger partial charge >= 0.3 is 0 Å². The maximum absolute atomic E-state index is 9.67. The number of β-amino-alcohol motifs (C(OH)–C–C–N with tert-alkyl or cyclic N) is 1. The third-order valence-electron chi connectivity index (χ3n) is 4.34. The van der Waals surface area contributed by atoms with Crippen LogP contribution in [0, 0.1) is 20.8 Å². The predicted octanol–water partition coefficient (Wildman–Crippen LogP) is 3.02. The second-order valence-electron chi connectivity index (χ2n) is 6.23. The number of hydrogen-bond acceptors (Lipinski definition) is 3. The summed E-state index contributed by atoms with van der Waals surface area (Å²) in [5.74, 6) is 0. The van der Waals surface area contributed by atoms with E-state index in [9.17, 15) is 5.11 Å². The number of hydrogen-bond donors (Lipinski definition) is 1. The van der Waals surface area contributed by atoms with Crippen molar-refractivity contribution >= 4 is 11.6 Å². The number of aliphatic hydroxyl groups is 1. The van der Waals surface area contributed by atoms with E-state index in [1.54, 1.807) is 0 Å². The Kier molecular flexibility index (Phi) is 4.26. The topological polar surface area (TPSA) is 41.3 Å². The zero-order valence-electron chi connectivity index (χ0n) is 13.3. The normalized spacial score (nSPS) is 19.0. The average molecular weight is 320 g/mol. The van der Waals surface area contributed by atoms with Gasteiger partial charge in [-0.3, -0.25) is 4.90 Å². The Bertz CT molecular complexity index is 695. The highest BCUT2D eigenvalue weighted by Crippen LogP contribution is 2.27. The zero-order valence-corrected chi connectivity index (χ0v) is 14.1. The van der Waals surface area contributed by atoms with Crippen LogP contribution < -0.4 is 0 Å². The Balaban J connectivity index is 1.94. The number of nitrogens with zero attached hydrogens (tertiary/aromatic N) is 3. The molecule has 118 valence electrons. The maximum Gasteiger partial charge on any atom is 0.137 e. The molecule has 5 heteroatoms. The highest BCUT2D eigenvalue weighted by atomic mass is 35.5. The average Bonchev–Trinajstić information content (AvgIpc) is 3.00. The van der Waals surface area contributed by atoms with Crippen LogP contribution in [0.5, 0.6) is 0 Å². The Morgan fingerprint density at radius 3 is 2.77 bits per heavy atom. The largest absolute Gasteiger partial charge is 0.392 e. The van der Waals surface area contributed by atoms with E-state index < -0.39 is 0 Å². The van der Waals surface area contributed by atoms with Gasteiger partial charge in [0.1, 0.15) is 5.15 Å². The van der Waals surface area contributed by atoms with Crippen LogP contribution in [-0.4, -0.2) is 39.0 Å². The molecular weight excluding hydrogens is 298 g/mol. The van der Waals surface area contributed by atoms with E-state index in [-0.39, 0.29) is 6.10 Å². The van der Waals surface area contributed by atoms with E-state index in [2.05, 4.69) is 42.0 Å². The van der Waals surface area contributed by atoms with E-state index in [1.165, 1.54) is 5.56 Å². The standard InChI is InChI=1S/C17H22ClN3O/c1-11-4-5-12(2)16(8-11)21-17(18)15(13(3)19-21)10-20-7-6-14(22)9-20/h4-5,8,14,22H,6-7,9-10H2,1-3H3/t14-/m0/s1. The number of benzene rings is 1. The van der Waals surface area contributed by atoms with Gasteiger partial charge in [-0.25, -0.2) is 4.68 Å². The first-order valence-corrected chi connectivity index (χ1v) is 8.05. The number of aliphatic hydroxyl groups excluding tert-OH is 1. The van der Waals surface area contributed by atoms with Gasteiger partial charge in [0.2, 0.25) is 0 Å². The molecule has 2 aromatic rings. The number of rotatable bonds is 3. The number of aromatic nitrogens is 2. The fourth-order valence-corrected chi connectivity index (χ4v) is 3.32. The molecule has 3 rings (SSSR count). The molecule has 2 heterocycles. The molecule has 0 unspecified atom stereocenters. The fourth-order valence-electron chi connectivity index (χ4n) is 3.00. The summed E-state index contributed by atoms with van der Waals surface area (Å²) in [5.41, 5.74) is 5.37. The van der Waals surface area contributed by atoms with Gasteiger partial charge < -0.3 is 5.11 Å². The third kappa shape index (κ3) is 2.91. The summed E-state index contributed by atoms with van der Waals surface area (Å²) in [7, 11) is 0. The summed E-state index contributed by atoms with van der Waals surface area (Å²) in [5, 5.41) is 15.0. The molecule has 0 spiro atoms. The first-order valence-electron chi connectivity index (χ1n) is 7.67. The zero-order chi connectivity index (χ0) is 15.9. The lowest BCUT2D eigenvalue weighted by Gasteiger charge is -2.14. The number of halogens is 1. The molecule has 0 amide bonds. The van der Waals surface area contributed by atoms with E-state index >= 15 is 0 Å². The summed E-state index contributed by atoms with van der Waals surface area (Å²) in [6.45, 7) is 8.50. The summed E-state index contributed by atoms with van der Waals surface area (Å²) in [4.78, 5) is 2.23. The van der Waals surface area contributed by atoms with Gasteiger partial charge in [0, 0.05) is 25.2 Å². The van der Waals surface area contributed by atoms with Crippen LogP contribution in [0.3, 0.4) is 0 Å². The lowest BCUT2D eigenvalue weighted by atomic mass is 10.1. The molecule has 1 aromatic carbocycles. The molecule has 1 aromatic heterocycles. The van der Waals surface area contributed by atoms with E-state index in [4.69, 9.17) is 11.6 Å². The van der Waals surface area contributed by atoms with Crippen molar-refractivity contribution in [2.45, 2.75) is 39.8 Å². The molecule has 1 atom stereocenters. The van der Waals surface area contributed by atoms with E-state index in [1.807, 2.05) is 11.6 Å². The SMILES string of the molecule is Cc1ccc(C)c(-n2nc(C)c(CN3CC[C@H](O)C3)c2Cl)c1. The fraction of sp³-hybridized carbons (Fsp3) is 0.471. The quantitative estimate of drug-likeness (QED) is 0.945. The van der Waals surface area contributed by atoms with Crippen LogP contribution >= 0.6 is 11.6 Å². The van der Waals surface area contributed by atoms with E-state index in [0.717, 1.165) is 42.0 Å². The molecular formula is C17H22ClN3O. The minimum Gasteiger partial charge on any atom is -0.392 e. The van der Waals surface area contributed by atoms with Gasteiger partial charge in [-0.2, -0.15) is 5.10 Å². The highest BCUT2D eigenvalue weighted by Gasteiger charge is 2.24. The van der Waals surface area contributed by atoms with Crippen LogP contribution in [-0.2, 0) is 6.54 Å². The first kappa shape index (κ1) is 15.5. The molecule has 0 radical (unpaired) electrons. The third-order valence-corrected chi connectivity index (χ3v) is 4.73. The molecule has 0 bridgehead atoms. The second-order valence-corrected chi connectivity index (χ2v) is 6.59. The molecule has 1 fully saturated rings. The molecule has 0 aliphatic carbocycles. The van der Waals surface area contributed by atoms with Gasteiger partial charge in [0.25, 0.3) is 0 Å². The second kappa shape index (κ2) is 6.03. The Morgan fingerprint density at radius 1 is 1.32 bits per heavy atom. The Morgan fingerprint density at radius 2 is 2.09 bits per heavy atom. The van der Waals surface area contributed by atoms with Crippen LogP contribution in [0.2, 0.25) is 5.15 Å². The summed E-state index contributed by atoms with van der Waals surface area (Å²) in [6.07, 6.45) is 0.620. The van der Waals surface area contributed by atoms with Crippen molar-refractivity contribution in [2.75, 3.05) is 13.1 Å². The Hall–Kier alpha value is -1.36. The number of aryl methyl sites for hydroxylation is 3. The maximum atomic E-state index is 9.67. The van der Waals surface area contributed by atoms with Crippen molar-refractivity contribution in [1.82, 2.24) is 14.7 Å². The van der Waals surface area contributed by atoms with Gasteiger partial charge in [-0.15, -0.1) is 0 Å². The molecule has 4 nitrogen and oxygen atoms in total. The highest BCUT2D eigenvalue weighted by molar-refractivity contribution is 6.30. The van der Waals surface area contributed by atoms with Gasteiger partial charge in [0.15, 0.2) is 0 Å². The van der Waals surface area contributed by atoms with Crippen molar-refractivity contribution in [3.05, 3.63) is 45.7 Å². The summed E-state index contributed by atoms with van der Waals surface area (Å²) >= 11 is 6.61. The Labute approximate surface area is 136 Å². The van der Waals surface area contributed by atoms with Crippen molar-refractivity contribution in [2.24, 2.45) is 0 Å². The van der Waals surface area contributed by atoms with Crippen molar-refractivity contribution < 1.29 is 5.11 Å². The predicted molar refractivity (Wildman–Crippen MR) is 88.7 cm³/mol. The lowest BCUT2D eigenvalue weighted by Crippen LogP contribution is -2.21. The minimum atomic E-state index is -0.215. The van der Waals surface area contributed by atoms with Crippen molar-refractivity contribution in [1.29, 1.82) is 0 Å². The van der Waals surface area contributed by atoms with E-state index in [0.29, 0.717) is 11.7 Å². The molecule has 1 saturated heterocycles. The van der Waals surface area contributed by atoms with Crippen molar-refractivity contribution in [3.8, 4) is 5.69 Å². The smallest absolute Gasteiger partial charge is 0.137 e. The lowest BCUT2D eigenvalue weighted by molar-refractivity contribution is 0.174. The molecule has 1 aliphatic heterocycles. The number of likely N-dealkylation sites (tertiary alicyclic amines) is 1. The monoisotopic (exact) mass is 319 g/mol. The van der Waals surface area contributed by atoms with Crippen LogP contribution in [0.4, 0.5) is 0 Å². The molecule has 1 aliphatic rings. The summed E-state index contributed by atoms with van der Waals surface area (Å²) in [6, 6.07) is 6.29. The van der Waals surface area contributed by atoms with Crippen LogP contribution in [0.15, 0.2) is 18.2 Å². The van der Waals surface area contributed by atoms with Crippen molar-refractivity contribution in [3.63, 3.8) is 0 Å². The minimum absolute atomic E-state index is 0.215. The first-order chi connectivity index (χ1) is 10.5. The molecule has 22 heavy (non-hydrogen) atoms. The molecule has 1 N–H and O–H groups in total. The van der Waals surface area contributed by atoms with Gasteiger partial charge in [-0.1, -0.05) is 23.7 Å². The summed E-state index contributed by atoms with van der Waals surface area (Å²) < 4.78 is 1.83. The van der Waals surface area contributed by atoms with Gasteiger partial charge in [0.05, 0.1) is 17.5 Å². The van der Waals surface area contributed by atoms with Crippen LogP contribution in [0.25, 0.3) is 5.69 Å². The van der Waals surface area contributed by atoms with Gasteiger partial charge in [-0.05, 0) is 44.4 Å². The molecule has 0 saturated carbocycles. The van der Waals surface area contributed by atoms with Crippen LogP contribution in [0.1, 0.15) is 28.8 Å².